The van der Waals surface area contributed by atoms with Gasteiger partial charge in [0.25, 0.3) is 0 Å². The molecule has 0 fully saturated rings. The van der Waals surface area contributed by atoms with Crippen LogP contribution in [0, 0.1) is 11.3 Å². The number of hydrogen-bond acceptors (Lipinski definition) is 1. The molecule has 0 unspecified atom stereocenters. The first-order valence-corrected chi connectivity index (χ1v) is 6.88. The summed E-state index contributed by atoms with van der Waals surface area (Å²) in [6.45, 7) is 0. The van der Waals surface area contributed by atoms with Crippen LogP contribution in [0.2, 0.25) is 10.0 Å². The maximum Gasteiger partial charge on any atom is 0.0670 e. The van der Waals surface area contributed by atoms with E-state index >= 15 is 0 Å². The van der Waals surface area contributed by atoms with Gasteiger partial charge in [-0.05, 0) is 29.3 Å². The van der Waals surface area contributed by atoms with Crippen LogP contribution in [0.3, 0.4) is 0 Å². The van der Waals surface area contributed by atoms with E-state index < -0.39 is 0 Å². The van der Waals surface area contributed by atoms with Crippen molar-refractivity contribution in [3.05, 3.63) is 58.1 Å². The van der Waals surface area contributed by atoms with Gasteiger partial charge in [-0.3, -0.25) is 0 Å². The van der Waals surface area contributed by atoms with Gasteiger partial charge >= 0.3 is 0 Å². The average Bonchev–Trinajstić information content (AvgIpc) is 2.82. The molecular formula is C16H10Cl2N2. The highest BCUT2D eigenvalue weighted by Gasteiger charge is 2.13. The molecule has 3 rings (SSSR count). The van der Waals surface area contributed by atoms with Gasteiger partial charge < -0.3 is 4.98 Å². The van der Waals surface area contributed by atoms with Crippen LogP contribution in [0.15, 0.2) is 42.5 Å². The molecule has 1 N–H and O–H groups in total. The molecule has 3 aromatic rings. The van der Waals surface area contributed by atoms with Crippen molar-refractivity contribution in [1.82, 2.24) is 4.98 Å². The monoisotopic (exact) mass is 300 g/mol. The SMILES string of the molecule is N#CCc1c(-c2ccc(Cl)c(Cl)c2)[nH]c2ccccc12. The van der Waals surface area contributed by atoms with E-state index in [1.165, 1.54) is 0 Å². The predicted molar refractivity (Wildman–Crippen MR) is 83.1 cm³/mol. The van der Waals surface area contributed by atoms with E-state index in [2.05, 4.69) is 11.1 Å². The number of para-hydroxylation sites is 1. The maximum atomic E-state index is 9.06. The molecule has 2 aromatic carbocycles. The molecule has 1 aromatic heterocycles. The van der Waals surface area contributed by atoms with Gasteiger partial charge in [0, 0.05) is 10.9 Å². The third-order valence-corrected chi connectivity index (χ3v) is 4.02. The van der Waals surface area contributed by atoms with E-state index in [9.17, 15) is 0 Å². The smallest absolute Gasteiger partial charge is 0.0670 e. The van der Waals surface area contributed by atoms with Crippen molar-refractivity contribution in [3.8, 4) is 17.3 Å². The number of H-pyrrole nitrogens is 1. The lowest BCUT2D eigenvalue weighted by molar-refractivity contribution is 1.28. The number of hydrogen-bond donors (Lipinski definition) is 1. The Bertz CT molecular complexity index is 828. The third-order valence-electron chi connectivity index (χ3n) is 3.28. The predicted octanol–water partition coefficient (Wildman–Crippen LogP) is 5.21. The van der Waals surface area contributed by atoms with E-state index in [-0.39, 0.29) is 0 Å². The number of halogens is 2. The zero-order valence-electron chi connectivity index (χ0n) is 10.5. The van der Waals surface area contributed by atoms with Crippen molar-refractivity contribution in [3.63, 3.8) is 0 Å². The second-order valence-electron chi connectivity index (χ2n) is 4.49. The molecule has 0 amide bonds. The topological polar surface area (TPSA) is 39.6 Å². The van der Waals surface area contributed by atoms with Crippen molar-refractivity contribution in [2.75, 3.05) is 0 Å². The van der Waals surface area contributed by atoms with Gasteiger partial charge in [-0.15, -0.1) is 0 Å². The van der Waals surface area contributed by atoms with Crippen LogP contribution >= 0.6 is 23.2 Å². The Morgan fingerprint density at radius 3 is 2.60 bits per heavy atom. The zero-order chi connectivity index (χ0) is 14.1. The van der Waals surface area contributed by atoms with Crippen LogP contribution < -0.4 is 0 Å². The standard InChI is InChI=1S/C16H10Cl2N2/c17-13-6-5-10(9-14(13)18)16-12(7-8-19)11-3-1-2-4-15(11)20-16/h1-6,9,20H,7H2. The maximum absolute atomic E-state index is 9.06. The number of aromatic nitrogens is 1. The van der Waals surface area contributed by atoms with Crippen LogP contribution in [0.25, 0.3) is 22.2 Å². The van der Waals surface area contributed by atoms with Crippen LogP contribution in [0.5, 0.6) is 0 Å². The third kappa shape index (κ3) is 2.16. The van der Waals surface area contributed by atoms with Crippen LogP contribution in [0.4, 0.5) is 0 Å². The summed E-state index contributed by atoms with van der Waals surface area (Å²) >= 11 is 12.0. The minimum Gasteiger partial charge on any atom is -0.354 e. The van der Waals surface area contributed by atoms with Crippen molar-refractivity contribution < 1.29 is 0 Å². The first-order chi connectivity index (χ1) is 9.70. The first kappa shape index (κ1) is 13.1. The van der Waals surface area contributed by atoms with E-state index in [0.717, 1.165) is 27.7 Å². The van der Waals surface area contributed by atoms with Crippen LogP contribution in [-0.2, 0) is 6.42 Å². The molecule has 0 aliphatic heterocycles. The Kier molecular flexibility index (Phi) is 3.40. The number of rotatable bonds is 2. The summed E-state index contributed by atoms with van der Waals surface area (Å²) in [5.41, 5.74) is 3.85. The van der Waals surface area contributed by atoms with Crippen LogP contribution in [-0.4, -0.2) is 4.98 Å². The zero-order valence-corrected chi connectivity index (χ0v) is 12.0. The molecule has 4 heteroatoms. The lowest BCUT2D eigenvalue weighted by Crippen LogP contribution is -1.86. The molecule has 0 radical (unpaired) electrons. The summed E-state index contributed by atoms with van der Waals surface area (Å²) < 4.78 is 0. The lowest BCUT2D eigenvalue weighted by Gasteiger charge is -2.03. The molecule has 98 valence electrons. The van der Waals surface area contributed by atoms with Crippen molar-refractivity contribution in [1.29, 1.82) is 5.26 Å². The number of nitrogens with zero attached hydrogens (tertiary/aromatic N) is 1. The summed E-state index contributed by atoms with van der Waals surface area (Å²) in [6.07, 6.45) is 0.347. The highest BCUT2D eigenvalue weighted by Crippen LogP contribution is 2.33. The Labute approximate surface area is 126 Å². The number of fused-ring (bicyclic) bond motifs is 1. The molecular weight excluding hydrogens is 291 g/mol. The van der Waals surface area contributed by atoms with E-state index in [4.69, 9.17) is 28.5 Å². The number of nitrogens with one attached hydrogen (secondary N) is 1. The second-order valence-corrected chi connectivity index (χ2v) is 5.30. The number of nitriles is 1. The average molecular weight is 301 g/mol. The van der Waals surface area contributed by atoms with E-state index in [0.29, 0.717) is 16.5 Å². The van der Waals surface area contributed by atoms with Crippen molar-refractivity contribution >= 4 is 34.1 Å². The highest BCUT2D eigenvalue weighted by molar-refractivity contribution is 6.42. The Hall–Kier alpha value is -1.95. The summed E-state index contributed by atoms with van der Waals surface area (Å²) in [5.74, 6) is 0. The molecule has 0 bridgehead atoms. The molecule has 0 aliphatic rings. The summed E-state index contributed by atoms with van der Waals surface area (Å²) in [4.78, 5) is 3.36. The number of benzene rings is 2. The fourth-order valence-corrected chi connectivity index (χ4v) is 2.66. The van der Waals surface area contributed by atoms with Gasteiger partial charge in [0.05, 0.1) is 28.2 Å². The van der Waals surface area contributed by atoms with Crippen molar-refractivity contribution in [2.24, 2.45) is 0 Å². The van der Waals surface area contributed by atoms with Gasteiger partial charge in [0.15, 0.2) is 0 Å². The summed E-state index contributed by atoms with van der Waals surface area (Å²) in [6, 6.07) is 15.6. The molecule has 0 saturated carbocycles. The van der Waals surface area contributed by atoms with Crippen molar-refractivity contribution in [2.45, 2.75) is 6.42 Å². The second kappa shape index (κ2) is 5.20. The fraction of sp³-hybridized carbons (Fsp3) is 0.0625. The van der Waals surface area contributed by atoms with Gasteiger partial charge in [-0.1, -0.05) is 47.5 Å². The largest absolute Gasteiger partial charge is 0.354 e. The van der Waals surface area contributed by atoms with Gasteiger partial charge in [0.1, 0.15) is 0 Å². The molecule has 0 atom stereocenters. The molecule has 1 heterocycles. The molecule has 20 heavy (non-hydrogen) atoms. The molecule has 2 nitrogen and oxygen atoms in total. The van der Waals surface area contributed by atoms with Gasteiger partial charge in [-0.2, -0.15) is 5.26 Å². The Balaban J connectivity index is 2.27. The Morgan fingerprint density at radius 2 is 1.85 bits per heavy atom. The molecule has 0 aliphatic carbocycles. The molecule has 0 spiro atoms. The summed E-state index contributed by atoms with van der Waals surface area (Å²) in [5, 5.41) is 11.1. The minimum absolute atomic E-state index is 0.347. The number of aromatic amines is 1. The lowest BCUT2D eigenvalue weighted by atomic mass is 10.0. The molecule has 0 saturated heterocycles. The highest BCUT2D eigenvalue weighted by atomic mass is 35.5. The normalized spacial score (nSPS) is 10.7. The van der Waals surface area contributed by atoms with E-state index in [1.54, 1.807) is 6.07 Å². The minimum atomic E-state index is 0.347. The Morgan fingerprint density at radius 1 is 1.05 bits per heavy atom. The first-order valence-electron chi connectivity index (χ1n) is 6.12. The van der Waals surface area contributed by atoms with Crippen LogP contribution in [0.1, 0.15) is 5.56 Å². The van der Waals surface area contributed by atoms with Gasteiger partial charge in [0.2, 0.25) is 0 Å². The fourth-order valence-electron chi connectivity index (χ4n) is 2.36. The quantitative estimate of drug-likeness (QED) is 0.693. The van der Waals surface area contributed by atoms with Gasteiger partial charge in [-0.25, -0.2) is 0 Å². The van der Waals surface area contributed by atoms with E-state index in [1.807, 2.05) is 36.4 Å². The summed E-state index contributed by atoms with van der Waals surface area (Å²) in [7, 11) is 0.